The molecule has 0 saturated carbocycles. The Labute approximate surface area is 174 Å². The number of anilines is 1. The van der Waals surface area contributed by atoms with Crippen LogP contribution in [-0.4, -0.2) is 56.4 Å². The maximum absolute atomic E-state index is 13.5. The van der Waals surface area contributed by atoms with Crippen LogP contribution in [0.5, 0.6) is 5.75 Å². The molecule has 154 valence electrons. The zero-order valence-electron chi connectivity index (χ0n) is 17.0. The number of hydrogen-bond acceptors (Lipinski definition) is 6. The van der Waals surface area contributed by atoms with E-state index >= 15 is 0 Å². The molecule has 3 heterocycles. The van der Waals surface area contributed by atoms with E-state index in [-0.39, 0.29) is 17.9 Å². The fourth-order valence-corrected chi connectivity index (χ4v) is 4.64. The highest BCUT2D eigenvalue weighted by molar-refractivity contribution is 7.98. The molecule has 0 bridgehead atoms. The molecule has 1 aromatic heterocycles. The van der Waals surface area contributed by atoms with Crippen molar-refractivity contribution in [1.82, 2.24) is 19.7 Å². The largest absolute Gasteiger partial charge is 0.479 e. The number of rotatable bonds is 4. The molecule has 2 aliphatic rings. The highest BCUT2D eigenvalue weighted by Crippen LogP contribution is 2.37. The second-order valence-electron chi connectivity index (χ2n) is 7.41. The molecule has 1 saturated heterocycles. The number of carbonyl (C=O) groups excluding carboxylic acids is 2. The van der Waals surface area contributed by atoms with Gasteiger partial charge in [0.15, 0.2) is 17.1 Å². The van der Waals surface area contributed by atoms with Crippen LogP contribution in [0.25, 0.3) is 0 Å². The molecule has 8 nitrogen and oxygen atoms in total. The van der Waals surface area contributed by atoms with Gasteiger partial charge in [0.25, 0.3) is 5.91 Å². The number of benzene rings is 1. The van der Waals surface area contributed by atoms with Crippen molar-refractivity contribution in [2.45, 2.75) is 50.0 Å². The van der Waals surface area contributed by atoms with Crippen molar-refractivity contribution in [3.8, 4) is 5.75 Å². The van der Waals surface area contributed by atoms with Gasteiger partial charge >= 0.3 is 0 Å². The number of carbonyl (C=O) groups is 2. The van der Waals surface area contributed by atoms with E-state index in [9.17, 15) is 9.59 Å². The monoisotopic (exact) mass is 415 g/mol. The molecule has 0 radical (unpaired) electrons. The highest BCUT2D eigenvalue weighted by Gasteiger charge is 2.42. The third-order valence-electron chi connectivity index (χ3n) is 5.64. The Hall–Kier alpha value is -2.55. The molecule has 2 amide bonds. The summed E-state index contributed by atoms with van der Waals surface area (Å²) >= 11 is 1.53. The van der Waals surface area contributed by atoms with Gasteiger partial charge in [-0.25, -0.2) is 0 Å². The number of amides is 2. The van der Waals surface area contributed by atoms with E-state index in [1.807, 2.05) is 47.0 Å². The van der Waals surface area contributed by atoms with Crippen molar-refractivity contribution < 1.29 is 14.3 Å². The molecule has 0 aliphatic carbocycles. The minimum atomic E-state index is -0.635. The molecule has 1 fully saturated rings. The summed E-state index contributed by atoms with van der Waals surface area (Å²) in [7, 11) is 1.93. The standard InChI is InChI=1S/C20H25N5O3S/c1-12(25-14-8-5-6-10-16(14)28-13(2)19(25)27)18(26)24-11-7-9-15(24)17-21-22-20(29-4)23(17)3/h5-6,8,10,12-13,15H,7,9,11H2,1-4H3. The van der Waals surface area contributed by atoms with Crippen molar-refractivity contribution in [3.05, 3.63) is 30.1 Å². The number of fused-ring (bicyclic) bond motifs is 1. The SMILES string of the molecule is CSc1nnc(C2CCCN2C(=O)C(C)N2C(=O)C(C)Oc3ccccc32)n1C. The molecule has 0 N–H and O–H groups in total. The van der Waals surface area contributed by atoms with Crippen LogP contribution in [0.15, 0.2) is 29.4 Å². The van der Waals surface area contributed by atoms with Crippen LogP contribution in [0, 0.1) is 0 Å². The lowest BCUT2D eigenvalue weighted by Gasteiger charge is -2.38. The lowest BCUT2D eigenvalue weighted by Crippen LogP contribution is -2.54. The van der Waals surface area contributed by atoms with Crippen LogP contribution in [0.4, 0.5) is 5.69 Å². The number of thioether (sulfide) groups is 1. The van der Waals surface area contributed by atoms with E-state index in [1.54, 1.807) is 18.7 Å². The van der Waals surface area contributed by atoms with Crippen molar-refractivity contribution in [1.29, 1.82) is 0 Å². The Morgan fingerprint density at radius 1 is 1.31 bits per heavy atom. The van der Waals surface area contributed by atoms with Crippen LogP contribution < -0.4 is 9.64 Å². The smallest absolute Gasteiger partial charge is 0.268 e. The van der Waals surface area contributed by atoms with Crippen molar-refractivity contribution in [3.63, 3.8) is 0 Å². The van der Waals surface area contributed by atoms with Crippen LogP contribution in [0.3, 0.4) is 0 Å². The van der Waals surface area contributed by atoms with E-state index in [2.05, 4.69) is 10.2 Å². The van der Waals surface area contributed by atoms with E-state index in [0.29, 0.717) is 18.0 Å². The van der Waals surface area contributed by atoms with E-state index in [1.165, 1.54) is 11.8 Å². The average Bonchev–Trinajstić information content (AvgIpc) is 3.34. The summed E-state index contributed by atoms with van der Waals surface area (Å²) < 4.78 is 7.66. The van der Waals surface area contributed by atoms with Gasteiger partial charge in [0.1, 0.15) is 11.8 Å². The van der Waals surface area contributed by atoms with E-state index in [4.69, 9.17) is 4.74 Å². The van der Waals surface area contributed by atoms with Gasteiger partial charge in [-0.3, -0.25) is 14.5 Å². The maximum atomic E-state index is 13.5. The van der Waals surface area contributed by atoms with Gasteiger partial charge in [-0.2, -0.15) is 0 Å². The zero-order chi connectivity index (χ0) is 20.7. The average molecular weight is 416 g/mol. The zero-order valence-corrected chi connectivity index (χ0v) is 17.8. The lowest BCUT2D eigenvalue weighted by atomic mass is 10.1. The third-order valence-corrected chi connectivity index (χ3v) is 6.36. The predicted molar refractivity (Wildman–Crippen MR) is 110 cm³/mol. The van der Waals surface area contributed by atoms with Crippen LogP contribution in [-0.2, 0) is 16.6 Å². The summed E-state index contributed by atoms with van der Waals surface area (Å²) in [6.45, 7) is 4.14. The fraction of sp³-hybridized carbons (Fsp3) is 0.500. The summed E-state index contributed by atoms with van der Waals surface area (Å²) in [5.74, 6) is 1.12. The first-order chi connectivity index (χ1) is 13.9. The number of nitrogens with zero attached hydrogens (tertiary/aromatic N) is 5. The van der Waals surface area contributed by atoms with Gasteiger partial charge in [0.05, 0.1) is 11.7 Å². The number of likely N-dealkylation sites (tertiary alicyclic amines) is 1. The summed E-state index contributed by atoms with van der Waals surface area (Å²) in [6, 6.07) is 6.58. The normalized spacial score (nSPS) is 22.4. The van der Waals surface area contributed by atoms with Gasteiger partial charge < -0.3 is 14.2 Å². The minimum Gasteiger partial charge on any atom is -0.479 e. The Kier molecular flexibility index (Phi) is 5.24. The minimum absolute atomic E-state index is 0.0848. The predicted octanol–water partition coefficient (Wildman–Crippen LogP) is 2.40. The Balaban J connectivity index is 1.63. The molecular weight excluding hydrogens is 390 g/mol. The Morgan fingerprint density at radius 3 is 2.79 bits per heavy atom. The second-order valence-corrected chi connectivity index (χ2v) is 8.18. The second kappa shape index (κ2) is 7.70. The van der Waals surface area contributed by atoms with Crippen LogP contribution in [0.1, 0.15) is 38.6 Å². The number of ether oxygens (including phenoxy) is 1. The molecule has 0 spiro atoms. The number of para-hydroxylation sites is 2. The van der Waals surface area contributed by atoms with E-state index in [0.717, 1.165) is 23.8 Å². The van der Waals surface area contributed by atoms with Gasteiger partial charge in [-0.15, -0.1) is 10.2 Å². The Bertz CT molecular complexity index is 946. The van der Waals surface area contributed by atoms with Gasteiger partial charge in [0.2, 0.25) is 5.91 Å². The first-order valence-corrected chi connectivity index (χ1v) is 11.0. The number of aromatic nitrogens is 3. The molecule has 1 aromatic carbocycles. The van der Waals surface area contributed by atoms with E-state index < -0.39 is 12.1 Å². The first-order valence-electron chi connectivity index (χ1n) is 9.76. The van der Waals surface area contributed by atoms with Gasteiger partial charge in [-0.1, -0.05) is 23.9 Å². The lowest BCUT2D eigenvalue weighted by molar-refractivity contribution is -0.136. The molecular formula is C20H25N5O3S. The molecule has 3 unspecified atom stereocenters. The molecule has 9 heteroatoms. The quantitative estimate of drug-likeness (QED) is 0.714. The molecule has 29 heavy (non-hydrogen) atoms. The molecule has 2 aromatic rings. The fourth-order valence-electron chi connectivity index (χ4n) is 4.15. The van der Waals surface area contributed by atoms with Crippen molar-refractivity contribution in [2.24, 2.45) is 7.05 Å². The van der Waals surface area contributed by atoms with Crippen LogP contribution in [0.2, 0.25) is 0 Å². The summed E-state index contributed by atoms with van der Waals surface area (Å²) in [6.07, 6.45) is 3.06. The summed E-state index contributed by atoms with van der Waals surface area (Å²) in [5.41, 5.74) is 0.635. The van der Waals surface area contributed by atoms with Crippen molar-refractivity contribution in [2.75, 3.05) is 17.7 Å². The molecule has 4 rings (SSSR count). The van der Waals surface area contributed by atoms with Gasteiger partial charge in [-0.05, 0) is 45.1 Å². The van der Waals surface area contributed by atoms with Crippen molar-refractivity contribution >= 4 is 29.3 Å². The summed E-state index contributed by atoms with van der Waals surface area (Å²) in [4.78, 5) is 29.8. The first kappa shape index (κ1) is 19.8. The molecule has 3 atom stereocenters. The van der Waals surface area contributed by atoms with Gasteiger partial charge in [0, 0.05) is 13.6 Å². The molecule has 2 aliphatic heterocycles. The topological polar surface area (TPSA) is 80.6 Å². The summed E-state index contributed by atoms with van der Waals surface area (Å²) in [5, 5.41) is 9.37. The third kappa shape index (κ3) is 3.27. The Morgan fingerprint density at radius 2 is 2.07 bits per heavy atom. The number of hydrogen-bond donors (Lipinski definition) is 0. The maximum Gasteiger partial charge on any atom is 0.268 e. The van der Waals surface area contributed by atoms with Crippen LogP contribution >= 0.6 is 11.8 Å². The highest BCUT2D eigenvalue weighted by atomic mass is 32.2.